The summed E-state index contributed by atoms with van der Waals surface area (Å²) in [6.45, 7) is 2.49. The number of pyridine rings is 1. The summed E-state index contributed by atoms with van der Waals surface area (Å²) >= 11 is 0.623. The van der Waals surface area contributed by atoms with E-state index < -0.39 is 17.8 Å². The van der Waals surface area contributed by atoms with Gasteiger partial charge in [-0.3, -0.25) is 4.79 Å². The maximum Gasteiger partial charge on any atom is 0.452 e. The van der Waals surface area contributed by atoms with E-state index in [1.165, 1.54) is 17.0 Å². The van der Waals surface area contributed by atoms with Gasteiger partial charge in [0.05, 0.1) is 12.8 Å². The van der Waals surface area contributed by atoms with Gasteiger partial charge >= 0.3 is 12.1 Å². The van der Waals surface area contributed by atoms with Gasteiger partial charge in [0.15, 0.2) is 0 Å². The predicted octanol–water partition coefficient (Wildman–Crippen LogP) is 5.13. The van der Waals surface area contributed by atoms with Crippen LogP contribution in [0.2, 0.25) is 0 Å². The van der Waals surface area contributed by atoms with Crippen molar-refractivity contribution in [3.05, 3.63) is 30.0 Å². The lowest BCUT2D eigenvalue weighted by Gasteiger charge is -2.20. The molecule has 0 N–H and O–H groups in total. The molecule has 0 fully saturated rings. The van der Waals surface area contributed by atoms with Crippen molar-refractivity contribution in [3.63, 3.8) is 0 Å². The molecule has 29 heavy (non-hydrogen) atoms. The topological polar surface area (TPSA) is 68.2 Å². The summed E-state index contributed by atoms with van der Waals surface area (Å²) in [5.41, 5.74) is 0. The summed E-state index contributed by atoms with van der Waals surface area (Å²) in [5.74, 6) is -1.65. The Morgan fingerprint density at radius 1 is 1.17 bits per heavy atom. The lowest BCUT2D eigenvalue weighted by Crippen LogP contribution is -2.20. The smallest absolute Gasteiger partial charge is 0.452 e. The van der Waals surface area contributed by atoms with Crippen LogP contribution in [0.15, 0.2) is 18.3 Å². The minimum atomic E-state index is -4.63. The van der Waals surface area contributed by atoms with E-state index in [9.17, 15) is 22.4 Å². The second-order valence-corrected chi connectivity index (χ2v) is 6.94. The van der Waals surface area contributed by atoms with Gasteiger partial charge in [-0.25, -0.2) is 9.37 Å². The van der Waals surface area contributed by atoms with E-state index in [4.69, 9.17) is 4.74 Å². The lowest BCUT2D eigenvalue weighted by atomic mass is 10.1. The number of rotatable bonds is 11. The number of nitrogens with zero attached hydrogens (tertiary/aromatic N) is 4. The SMILES string of the molecule is CCOC(=O)CCCCCCCN(c1ccc(F)cn1)c1nc(C(F)(F)F)ns1. The Bertz CT molecular complexity index is 768. The number of alkyl halides is 3. The number of hydrogen-bond acceptors (Lipinski definition) is 7. The number of halogens is 4. The summed E-state index contributed by atoms with van der Waals surface area (Å²) in [5, 5.41) is 0.0544. The first-order valence-corrected chi connectivity index (χ1v) is 10.0. The van der Waals surface area contributed by atoms with Crippen molar-refractivity contribution in [3.8, 4) is 0 Å². The largest absolute Gasteiger partial charge is 0.466 e. The van der Waals surface area contributed by atoms with Gasteiger partial charge in [-0.2, -0.15) is 22.5 Å². The van der Waals surface area contributed by atoms with E-state index >= 15 is 0 Å². The predicted molar refractivity (Wildman–Crippen MR) is 100 cm³/mol. The number of aromatic nitrogens is 3. The van der Waals surface area contributed by atoms with Crippen LogP contribution >= 0.6 is 11.5 Å². The number of carbonyl (C=O) groups is 1. The van der Waals surface area contributed by atoms with Gasteiger partial charge in [-0.05, 0) is 31.9 Å². The molecule has 0 aromatic carbocycles. The molecule has 0 aliphatic heterocycles. The Balaban J connectivity index is 1.91. The third kappa shape index (κ3) is 7.56. The molecule has 0 amide bonds. The zero-order chi connectivity index (χ0) is 21.3. The zero-order valence-corrected chi connectivity index (χ0v) is 16.7. The van der Waals surface area contributed by atoms with Crippen molar-refractivity contribution in [1.82, 2.24) is 14.3 Å². The Morgan fingerprint density at radius 2 is 1.90 bits per heavy atom. The summed E-state index contributed by atoms with van der Waals surface area (Å²) < 4.78 is 59.8. The molecule has 160 valence electrons. The molecule has 0 aliphatic carbocycles. The molecular formula is C18H22F4N4O2S. The number of ether oxygens (including phenoxy) is 1. The van der Waals surface area contributed by atoms with Gasteiger partial charge in [-0.1, -0.05) is 19.3 Å². The van der Waals surface area contributed by atoms with Crippen LogP contribution in [0.1, 0.15) is 51.3 Å². The monoisotopic (exact) mass is 434 g/mol. The van der Waals surface area contributed by atoms with Crippen molar-refractivity contribution >= 4 is 28.5 Å². The Hall–Kier alpha value is -2.30. The van der Waals surface area contributed by atoms with Crippen molar-refractivity contribution in [1.29, 1.82) is 0 Å². The van der Waals surface area contributed by atoms with E-state index in [0.29, 0.717) is 43.3 Å². The van der Waals surface area contributed by atoms with Crippen LogP contribution < -0.4 is 4.90 Å². The molecular weight excluding hydrogens is 412 g/mol. The van der Waals surface area contributed by atoms with E-state index in [-0.39, 0.29) is 11.1 Å². The quantitative estimate of drug-likeness (QED) is 0.277. The van der Waals surface area contributed by atoms with Gasteiger partial charge < -0.3 is 9.64 Å². The molecule has 11 heteroatoms. The van der Waals surface area contributed by atoms with E-state index in [2.05, 4.69) is 14.3 Å². The first-order chi connectivity index (χ1) is 13.8. The van der Waals surface area contributed by atoms with E-state index in [1.54, 1.807) is 6.92 Å². The molecule has 2 aromatic heterocycles. The highest BCUT2D eigenvalue weighted by Crippen LogP contribution is 2.32. The van der Waals surface area contributed by atoms with Crippen LogP contribution in [-0.2, 0) is 15.7 Å². The fourth-order valence-corrected chi connectivity index (χ4v) is 3.30. The standard InChI is InChI=1S/C18H22F4N4O2S/c1-2-28-15(27)8-6-4-3-5-7-11-26(14-10-9-13(19)12-23-14)17-24-16(25-29-17)18(20,21)22/h9-10,12H,2-8,11H2,1H3. The molecule has 0 atom stereocenters. The van der Waals surface area contributed by atoms with Gasteiger partial charge in [-0.15, -0.1) is 0 Å². The maximum absolute atomic E-state index is 13.2. The highest BCUT2D eigenvalue weighted by atomic mass is 32.1. The molecule has 0 bridgehead atoms. The van der Waals surface area contributed by atoms with Crippen molar-refractivity contribution in [2.45, 2.75) is 51.6 Å². The maximum atomic E-state index is 13.2. The third-order valence-corrected chi connectivity index (χ3v) is 4.70. The molecule has 0 saturated heterocycles. The molecule has 2 heterocycles. The van der Waals surface area contributed by atoms with Crippen molar-refractivity contribution in [2.24, 2.45) is 0 Å². The third-order valence-electron chi connectivity index (χ3n) is 3.96. The van der Waals surface area contributed by atoms with Crippen LogP contribution in [0.3, 0.4) is 0 Å². The molecule has 2 rings (SSSR count). The summed E-state index contributed by atoms with van der Waals surface area (Å²) in [7, 11) is 0. The van der Waals surface area contributed by atoms with Gasteiger partial charge in [0.1, 0.15) is 11.6 Å². The Morgan fingerprint density at radius 3 is 2.52 bits per heavy atom. The average molecular weight is 434 g/mol. The fraction of sp³-hybridized carbons (Fsp3) is 0.556. The first kappa shape index (κ1) is 23.0. The molecule has 2 aromatic rings. The molecule has 0 aliphatic rings. The number of hydrogen-bond donors (Lipinski definition) is 0. The number of esters is 1. The van der Waals surface area contributed by atoms with Gasteiger partial charge in [0, 0.05) is 24.5 Å². The highest BCUT2D eigenvalue weighted by Gasteiger charge is 2.36. The molecule has 0 unspecified atom stereocenters. The minimum Gasteiger partial charge on any atom is -0.466 e. The van der Waals surface area contributed by atoms with Gasteiger partial charge in [0.25, 0.3) is 0 Å². The van der Waals surface area contributed by atoms with E-state index in [1.807, 2.05) is 0 Å². The Kier molecular flexibility index (Phi) is 8.74. The van der Waals surface area contributed by atoms with Crippen molar-refractivity contribution in [2.75, 3.05) is 18.1 Å². The number of anilines is 2. The summed E-state index contributed by atoms with van der Waals surface area (Å²) in [4.78, 5) is 20.3. The van der Waals surface area contributed by atoms with Crippen LogP contribution in [0.25, 0.3) is 0 Å². The lowest BCUT2D eigenvalue weighted by molar-refractivity contribution is -0.144. The van der Waals surface area contributed by atoms with Crippen LogP contribution in [-0.4, -0.2) is 33.5 Å². The first-order valence-electron chi connectivity index (χ1n) is 9.27. The van der Waals surface area contributed by atoms with E-state index in [0.717, 1.165) is 31.9 Å². The fourth-order valence-electron chi connectivity index (χ4n) is 2.58. The summed E-state index contributed by atoms with van der Waals surface area (Å²) in [6, 6.07) is 2.58. The second-order valence-electron chi connectivity index (χ2n) is 6.21. The molecule has 6 nitrogen and oxygen atoms in total. The van der Waals surface area contributed by atoms with Crippen LogP contribution in [0, 0.1) is 5.82 Å². The van der Waals surface area contributed by atoms with Crippen LogP contribution in [0.5, 0.6) is 0 Å². The van der Waals surface area contributed by atoms with Crippen LogP contribution in [0.4, 0.5) is 28.5 Å². The molecule has 0 radical (unpaired) electrons. The average Bonchev–Trinajstić information content (AvgIpc) is 3.15. The molecule has 0 spiro atoms. The molecule has 0 saturated carbocycles. The zero-order valence-electron chi connectivity index (χ0n) is 15.9. The highest BCUT2D eigenvalue weighted by molar-refractivity contribution is 7.09. The number of carbonyl (C=O) groups excluding carboxylic acids is 1. The van der Waals surface area contributed by atoms with Gasteiger partial charge in [0.2, 0.25) is 11.0 Å². The van der Waals surface area contributed by atoms with Crippen molar-refractivity contribution < 1.29 is 27.1 Å². The number of unbranched alkanes of at least 4 members (excludes halogenated alkanes) is 4. The Labute approximate surface area is 170 Å². The minimum absolute atomic E-state index is 0.0544. The summed E-state index contributed by atoms with van der Waals surface area (Å²) in [6.07, 6.45) is 0.681. The second kappa shape index (κ2) is 11.0. The normalized spacial score (nSPS) is 11.5.